The Hall–Kier alpha value is -4.87. The number of hydrogen-bond acceptors (Lipinski definition) is 6. The van der Waals surface area contributed by atoms with Gasteiger partial charge in [0.1, 0.15) is 29.8 Å². The van der Waals surface area contributed by atoms with Gasteiger partial charge in [0.05, 0.1) is 0 Å². The van der Waals surface area contributed by atoms with Crippen molar-refractivity contribution in [3.8, 4) is 0 Å². The van der Waals surface area contributed by atoms with E-state index in [0.29, 0.717) is 45.1 Å². The fourth-order valence-electron chi connectivity index (χ4n) is 8.30. The van der Waals surface area contributed by atoms with Crippen LogP contribution in [0.2, 0.25) is 5.04 Å². The number of ketones is 1. The zero-order chi connectivity index (χ0) is 41.2. The van der Waals surface area contributed by atoms with Gasteiger partial charge in [0.2, 0.25) is 23.6 Å². The summed E-state index contributed by atoms with van der Waals surface area (Å²) in [5.41, 5.74) is -0.407. The molecule has 0 bridgehead atoms. The van der Waals surface area contributed by atoms with Gasteiger partial charge in [-0.05, 0) is 78.9 Å². The second kappa shape index (κ2) is 19.0. The van der Waals surface area contributed by atoms with Crippen LogP contribution in [0.3, 0.4) is 0 Å². The third-order valence-electron chi connectivity index (χ3n) is 11.7. The molecular formula is C46H60N4O6Si. The Morgan fingerprint density at radius 1 is 0.860 bits per heavy atom. The first-order valence-electron chi connectivity index (χ1n) is 20.5. The minimum Gasteiger partial charge on any atom is -0.397 e. The lowest BCUT2D eigenvalue weighted by molar-refractivity contribution is -0.145. The fraction of sp³-hybridized carbons (Fsp3) is 0.457. The van der Waals surface area contributed by atoms with Crippen molar-refractivity contribution in [2.24, 2.45) is 0 Å². The van der Waals surface area contributed by atoms with Gasteiger partial charge in [-0.1, -0.05) is 132 Å². The Bertz CT molecular complexity index is 1840. The van der Waals surface area contributed by atoms with Gasteiger partial charge in [0.25, 0.3) is 8.32 Å². The van der Waals surface area contributed by atoms with Crippen molar-refractivity contribution in [2.75, 3.05) is 6.54 Å². The van der Waals surface area contributed by atoms with Crippen molar-refractivity contribution in [2.45, 2.75) is 128 Å². The second-order valence-corrected chi connectivity index (χ2v) is 20.7. The molecule has 4 amide bonds. The minimum atomic E-state index is -2.94. The molecule has 57 heavy (non-hydrogen) atoms. The first-order valence-corrected chi connectivity index (χ1v) is 22.4. The predicted octanol–water partition coefficient (Wildman–Crippen LogP) is 5.14. The van der Waals surface area contributed by atoms with E-state index in [0.717, 1.165) is 15.9 Å². The van der Waals surface area contributed by atoms with E-state index in [1.807, 2.05) is 87.5 Å². The molecule has 2 heterocycles. The lowest BCUT2D eigenvalue weighted by Crippen LogP contribution is -2.68. The van der Waals surface area contributed by atoms with E-state index >= 15 is 0 Å². The molecule has 3 aromatic carbocycles. The maximum atomic E-state index is 14.1. The molecule has 10 nitrogen and oxygen atoms in total. The van der Waals surface area contributed by atoms with Crippen molar-refractivity contribution in [1.82, 2.24) is 20.9 Å². The first kappa shape index (κ1) is 43.3. The fourth-order valence-corrected chi connectivity index (χ4v) is 13.0. The molecule has 11 heteroatoms. The SMILES string of the molecule is CCC1(CC)NC(=O)[C@H](CCC/C=C/C(=O)[C@@H](C)O[Si](c2ccccc2)(c2ccccc2)C(C)(C)C)NC(=O)[C@H]2CCCN2C(=O)[C@H](Cc2ccccc2)NC1=O. The monoisotopic (exact) mass is 792 g/mol. The average molecular weight is 793 g/mol. The molecule has 2 aliphatic heterocycles. The van der Waals surface area contributed by atoms with Crippen LogP contribution in [0.5, 0.6) is 0 Å². The molecule has 0 aliphatic carbocycles. The first-order chi connectivity index (χ1) is 27.3. The molecule has 2 fully saturated rings. The number of benzene rings is 3. The number of carbonyl (C=O) groups is 5. The number of amides is 4. The van der Waals surface area contributed by atoms with E-state index in [1.54, 1.807) is 17.1 Å². The summed E-state index contributed by atoms with van der Waals surface area (Å²) in [6.07, 6.45) is 5.80. The molecule has 5 rings (SSSR count). The molecule has 4 atom stereocenters. The summed E-state index contributed by atoms with van der Waals surface area (Å²) >= 11 is 0. The zero-order valence-corrected chi connectivity index (χ0v) is 35.4. The van der Waals surface area contributed by atoms with Crippen LogP contribution < -0.4 is 26.3 Å². The molecule has 2 aliphatic rings. The van der Waals surface area contributed by atoms with E-state index in [2.05, 4.69) is 61.0 Å². The van der Waals surface area contributed by atoms with Crippen LogP contribution in [0.25, 0.3) is 0 Å². The van der Waals surface area contributed by atoms with E-state index in [4.69, 9.17) is 4.43 Å². The van der Waals surface area contributed by atoms with Gasteiger partial charge < -0.3 is 25.3 Å². The number of rotatable bonds is 14. The molecular weight excluding hydrogens is 733 g/mol. The largest absolute Gasteiger partial charge is 0.397 e. The van der Waals surface area contributed by atoms with Crippen LogP contribution in [-0.4, -0.2) is 78.9 Å². The topological polar surface area (TPSA) is 134 Å². The summed E-state index contributed by atoms with van der Waals surface area (Å²) in [4.78, 5) is 71.2. The lowest BCUT2D eigenvalue weighted by atomic mass is 9.89. The Labute approximate surface area is 339 Å². The van der Waals surface area contributed by atoms with Crippen molar-refractivity contribution < 1.29 is 28.4 Å². The van der Waals surface area contributed by atoms with E-state index in [9.17, 15) is 24.0 Å². The van der Waals surface area contributed by atoms with Crippen LogP contribution in [0.15, 0.2) is 103 Å². The van der Waals surface area contributed by atoms with Crippen LogP contribution in [0.1, 0.15) is 92.1 Å². The summed E-state index contributed by atoms with van der Waals surface area (Å²) < 4.78 is 6.99. The van der Waals surface area contributed by atoms with Crippen LogP contribution in [0, 0.1) is 0 Å². The van der Waals surface area contributed by atoms with Gasteiger partial charge in [-0.15, -0.1) is 0 Å². The highest BCUT2D eigenvalue weighted by Crippen LogP contribution is 2.37. The van der Waals surface area contributed by atoms with Crippen LogP contribution >= 0.6 is 0 Å². The van der Waals surface area contributed by atoms with Crippen LogP contribution in [0.4, 0.5) is 0 Å². The lowest BCUT2D eigenvalue weighted by Gasteiger charge is -2.44. The summed E-state index contributed by atoms with van der Waals surface area (Å²) in [7, 11) is -2.94. The minimum absolute atomic E-state index is 0.154. The number of allylic oxidation sites excluding steroid dienone is 1. The van der Waals surface area contributed by atoms with Crippen molar-refractivity contribution in [1.29, 1.82) is 0 Å². The number of fused-ring (bicyclic) bond motifs is 1. The molecule has 0 unspecified atom stereocenters. The van der Waals surface area contributed by atoms with Gasteiger partial charge in [-0.3, -0.25) is 24.0 Å². The Balaban J connectivity index is 1.30. The molecule has 0 spiro atoms. The van der Waals surface area contributed by atoms with E-state index in [-0.39, 0.29) is 35.5 Å². The summed E-state index contributed by atoms with van der Waals surface area (Å²) in [6.45, 7) is 12.4. The summed E-state index contributed by atoms with van der Waals surface area (Å²) in [5, 5.41) is 10.8. The molecule has 3 N–H and O–H groups in total. The highest BCUT2D eigenvalue weighted by molar-refractivity contribution is 6.99. The van der Waals surface area contributed by atoms with E-state index in [1.165, 1.54) is 0 Å². The Morgan fingerprint density at radius 3 is 2.00 bits per heavy atom. The van der Waals surface area contributed by atoms with Gasteiger partial charge in [0.15, 0.2) is 5.78 Å². The number of carbonyl (C=O) groups excluding carboxylic acids is 5. The quantitative estimate of drug-likeness (QED) is 0.118. The van der Waals surface area contributed by atoms with Gasteiger partial charge in [-0.25, -0.2) is 0 Å². The van der Waals surface area contributed by atoms with Crippen molar-refractivity contribution in [3.05, 3.63) is 109 Å². The maximum Gasteiger partial charge on any atom is 0.262 e. The number of nitrogens with zero attached hydrogens (tertiary/aromatic N) is 1. The van der Waals surface area contributed by atoms with Crippen molar-refractivity contribution >= 4 is 48.1 Å². The second-order valence-electron chi connectivity index (χ2n) is 16.4. The van der Waals surface area contributed by atoms with Crippen molar-refractivity contribution in [3.63, 3.8) is 0 Å². The average Bonchev–Trinajstić information content (AvgIpc) is 3.71. The number of unbranched alkanes of at least 4 members (excludes halogenated alkanes) is 1. The smallest absolute Gasteiger partial charge is 0.262 e. The van der Waals surface area contributed by atoms with Gasteiger partial charge in [-0.2, -0.15) is 0 Å². The summed E-state index contributed by atoms with van der Waals surface area (Å²) in [5.74, 6) is -1.72. The molecule has 3 aromatic rings. The third kappa shape index (κ3) is 9.81. The van der Waals surface area contributed by atoms with Crippen LogP contribution in [-0.2, 0) is 34.8 Å². The highest BCUT2D eigenvalue weighted by atomic mass is 28.4. The molecule has 0 radical (unpaired) electrons. The Morgan fingerprint density at radius 2 is 1.44 bits per heavy atom. The highest BCUT2D eigenvalue weighted by Gasteiger charge is 2.51. The number of nitrogens with one attached hydrogen (secondary N) is 3. The van der Waals surface area contributed by atoms with Gasteiger partial charge >= 0.3 is 0 Å². The predicted molar refractivity (Wildman–Crippen MR) is 226 cm³/mol. The maximum absolute atomic E-state index is 14.1. The third-order valence-corrected chi connectivity index (χ3v) is 16.8. The summed E-state index contributed by atoms with van der Waals surface area (Å²) in [6, 6.07) is 27.3. The standard InChI is InChI=1S/C46H60N4O6Si/c1-7-46(8-2)44(55)48-38(32-34-22-13-9-14-23-34)43(54)50-31-21-29-39(50)42(53)47-37(41(52)49-46)28-19-12-20-30-40(51)33(3)56-57(45(4,5)6,35-24-15-10-16-25-35)36-26-17-11-18-27-36/h9-11,13-18,20,22-27,30,33,37-39H,7-8,12,19,21,28-29,31-32H2,1-6H3,(H,47,53)(H,48,55)(H,49,52)/b30-20+/t33-,37+,38+,39-/m1/s1. The molecule has 2 saturated heterocycles. The molecule has 0 saturated carbocycles. The number of hydrogen-bond donors (Lipinski definition) is 3. The molecule has 0 aromatic heterocycles. The Kier molecular flexibility index (Phi) is 14.5. The van der Waals surface area contributed by atoms with E-state index < -0.39 is 49.9 Å². The van der Waals surface area contributed by atoms with Gasteiger partial charge in [0, 0.05) is 13.0 Å². The normalized spacial score (nSPS) is 21.2. The zero-order valence-electron chi connectivity index (χ0n) is 34.4. The molecule has 304 valence electrons.